The molecule has 0 saturated carbocycles. The van der Waals surface area contributed by atoms with Crippen LogP contribution in [0.1, 0.15) is 0 Å². The number of allylic oxidation sites excluding steroid dienone is 5. The van der Waals surface area contributed by atoms with Crippen molar-refractivity contribution in [2.45, 2.75) is 0 Å². The van der Waals surface area contributed by atoms with Crippen molar-refractivity contribution in [3.8, 4) is 5.75 Å². The number of para-hydroxylation sites is 2. The Morgan fingerprint density at radius 2 is 1.78 bits per heavy atom. The molecular formula is C13H12NNiO3+4. The Kier molecular flexibility index (Phi) is 4.75. The third-order valence-corrected chi connectivity index (χ3v) is 2.29. The Morgan fingerprint density at radius 3 is 2.44 bits per heavy atom. The van der Waals surface area contributed by atoms with Crippen molar-refractivity contribution < 1.29 is 31.8 Å². The summed E-state index contributed by atoms with van der Waals surface area (Å²) in [4.78, 5) is 4.23. The van der Waals surface area contributed by atoms with Crippen LogP contribution in [-0.4, -0.2) is 15.9 Å². The van der Waals surface area contributed by atoms with Crippen molar-refractivity contribution in [1.29, 1.82) is 0 Å². The summed E-state index contributed by atoms with van der Waals surface area (Å²) in [6.45, 7) is 0. The van der Waals surface area contributed by atoms with Gasteiger partial charge in [-0.25, -0.2) is 10.1 Å². The zero-order valence-electron chi connectivity index (χ0n) is 9.29. The first-order chi connectivity index (χ1) is 8.18. The van der Waals surface area contributed by atoms with Crippen LogP contribution in [0.3, 0.4) is 0 Å². The first-order valence-corrected chi connectivity index (χ1v) is 5.06. The number of hydrogen-bond acceptors (Lipinski definition) is 2. The Hall–Kier alpha value is -2.00. The average molecular weight is 289 g/mol. The molecule has 1 aromatic carbocycles. The fourth-order valence-electron chi connectivity index (χ4n) is 1.46. The summed E-state index contributed by atoms with van der Waals surface area (Å²) >= 11 is 0. The summed E-state index contributed by atoms with van der Waals surface area (Å²) in [5, 5.41) is 25.9. The predicted molar refractivity (Wildman–Crippen MR) is 65.5 cm³/mol. The molecule has 1 aromatic rings. The summed E-state index contributed by atoms with van der Waals surface area (Å²) in [5.41, 5.74) is 1.16. The van der Waals surface area contributed by atoms with Gasteiger partial charge in [-0.05, 0) is 18.2 Å². The number of benzene rings is 1. The average Bonchev–Trinajstić information content (AvgIpc) is 2.32. The van der Waals surface area contributed by atoms with E-state index in [2.05, 4.69) is 4.99 Å². The van der Waals surface area contributed by atoms with Gasteiger partial charge in [0, 0.05) is 6.07 Å². The molecule has 0 unspecified atom stereocenters. The number of aliphatic imine (C=N–C) groups is 1. The van der Waals surface area contributed by atoms with Crippen LogP contribution in [0.5, 0.6) is 5.75 Å². The van der Waals surface area contributed by atoms with E-state index in [1.165, 1.54) is 0 Å². The second-order valence-electron chi connectivity index (χ2n) is 3.48. The Balaban J connectivity index is 0.00000162. The normalized spacial score (nSPS) is 18.6. The second-order valence-corrected chi connectivity index (χ2v) is 3.48. The number of hydrogen-bond donors (Lipinski definition) is 0. The molecule has 0 aromatic heterocycles. The minimum absolute atomic E-state index is 0. The van der Waals surface area contributed by atoms with Crippen LogP contribution >= 0.6 is 0 Å². The van der Waals surface area contributed by atoms with Gasteiger partial charge in [0.1, 0.15) is 0 Å². The first-order valence-electron chi connectivity index (χ1n) is 5.06. The molecule has 4 nitrogen and oxygen atoms in total. The minimum atomic E-state index is -0.771. The zero-order chi connectivity index (χ0) is 12.3. The third kappa shape index (κ3) is 3.02. The Morgan fingerprint density at radius 1 is 1.11 bits per heavy atom. The van der Waals surface area contributed by atoms with E-state index < -0.39 is 5.95 Å². The molecule has 0 amide bonds. The summed E-state index contributed by atoms with van der Waals surface area (Å²) in [5.74, 6) is -0.480. The molecule has 0 atom stereocenters. The SMILES string of the molecule is [Ni+3].[O-]/C([OH2+])=C1/C=CC=CC1=Nc1ccccc1[OH2+]. The predicted octanol–water partition coefficient (Wildman–Crippen LogP) is 0.617. The molecule has 0 spiro atoms. The largest absolute Gasteiger partial charge is 3.00 e. The van der Waals surface area contributed by atoms with Crippen LogP contribution < -0.4 is 5.11 Å². The standard InChI is InChI=1S/C13H11NO3.Ni/c15-12-8-4-3-7-11(12)14-10-6-2-1-5-9(10)13(16)17;/h1-8,15-17H;/q;+3/p+1. The van der Waals surface area contributed by atoms with Gasteiger partial charge in [0.05, 0.1) is 11.3 Å². The van der Waals surface area contributed by atoms with E-state index in [0.717, 1.165) is 0 Å². The van der Waals surface area contributed by atoms with E-state index in [1.54, 1.807) is 48.6 Å². The maximum absolute atomic E-state index is 11.1. The van der Waals surface area contributed by atoms with E-state index in [-0.39, 0.29) is 22.1 Å². The molecule has 0 bridgehead atoms. The fraction of sp³-hybridized carbons (Fsp3) is 0. The number of nitrogens with zero attached hydrogens (tertiary/aromatic N) is 1. The van der Waals surface area contributed by atoms with Gasteiger partial charge in [-0.1, -0.05) is 24.3 Å². The van der Waals surface area contributed by atoms with Crippen molar-refractivity contribution in [3.63, 3.8) is 0 Å². The van der Waals surface area contributed by atoms with Crippen LogP contribution in [0.4, 0.5) is 5.69 Å². The maximum atomic E-state index is 11.1. The molecule has 0 fully saturated rings. The Labute approximate surface area is 114 Å². The molecule has 93 valence electrons. The van der Waals surface area contributed by atoms with Gasteiger partial charge in [0.25, 0.3) is 5.75 Å². The van der Waals surface area contributed by atoms with Crippen LogP contribution in [0.25, 0.3) is 0 Å². The molecule has 18 heavy (non-hydrogen) atoms. The summed E-state index contributed by atoms with van der Waals surface area (Å²) in [7, 11) is 0. The van der Waals surface area contributed by atoms with Crippen LogP contribution in [-0.2, 0) is 16.5 Å². The molecule has 0 saturated heterocycles. The third-order valence-electron chi connectivity index (χ3n) is 2.29. The van der Waals surface area contributed by atoms with Crippen molar-refractivity contribution in [2.24, 2.45) is 4.99 Å². The molecule has 4 N–H and O–H groups in total. The van der Waals surface area contributed by atoms with E-state index in [9.17, 15) is 5.11 Å². The molecular weight excluding hydrogens is 277 g/mol. The molecule has 5 heteroatoms. The van der Waals surface area contributed by atoms with Gasteiger partial charge in [-0.2, -0.15) is 0 Å². The van der Waals surface area contributed by atoms with Gasteiger partial charge < -0.3 is 10.2 Å². The van der Waals surface area contributed by atoms with Gasteiger partial charge in [-0.15, -0.1) is 0 Å². The molecule has 0 heterocycles. The molecule has 0 aliphatic heterocycles. The van der Waals surface area contributed by atoms with Crippen LogP contribution in [0.15, 0.2) is 65.1 Å². The quantitative estimate of drug-likeness (QED) is 0.424. The van der Waals surface area contributed by atoms with Crippen molar-refractivity contribution in [1.82, 2.24) is 0 Å². The summed E-state index contributed by atoms with van der Waals surface area (Å²) in [6.07, 6.45) is 6.65. The van der Waals surface area contributed by atoms with E-state index in [4.69, 9.17) is 10.2 Å². The summed E-state index contributed by atoms with van der Waals surface area (Å²) in [6, 6.07) is 6.86. The molecule has 1 aliphatic carbocycles. The van der Waals surface area contributed by atoms with E-state index >= 15 is 0 Å². The fourth-order valence-corrected chi connectivity index (χ4v) is 1.46. The van der Waals surface area contributed by atoms with Crippen molar-refractivity contribution in [2.75, 3.05) is 0 Å². The molecule has 1 aliphatic rings. The molecule has 2 rings (SSSR count). The first kappa shape index (κ1) is 14.1. The van der Waals surface area contributed by atoms with E-state index in [1.807, 2.05) is 0 Å². The summed E-state index contributed by atoms with van der Waals surface area (Å²) < 4.78 is 0. The zero-order valence-corrected chi connectivity index (χ0v) is 10.3. The smallest absolute Gasteiger partial charge is 0.615 e. The van der Waals surface area contributed by atoms with Gasteiger partial charge in [-0.3, -0.25) is 0 Å². The minimum Gasteiger partial charge on any atom is -0.615 e. The molecule has 1 radical (unpaired) electrons. The van der Waals surface area contributed by atoms with Gasteiger partial charge in [0.2, 0.25) is 0 Å². The van der Waals surface area contributed by atoms with Crippen LogP contribution in [0.2, 0.25) is 0 Å². The van der Waals surface area contributed by atoms with Gasteiger partial charge in [0.15, 0.2) is 5.69 Å². The van der Waals surface area contributed by atoms with E-state index in [0.29, 0.717) is 17.1 Å². The topological polar surface area (TPSA) is 81.2 Å². The van der Waals surface area contributed by atoms with Crippen LogP contribution in [0, 0.1) is 0 Å². The number of rotatable bonds is 1. The second kappa shape index (κ2) is 6.08. The monoisotopic (exact) mass is 288 g/mol. The van der Waals surface area contributed by atoms with Crippen molar-refractivity contribution >= 4 is 11.4 Å². The Bertz CT molecular complexity index is 555. The van der Waals surface area contributed by atoms with Gasteiger partial charge >= 0.3 is 22.4 Å². The van der Waals surface area contributed by atoms with Crippen molar-refractivity contribution in [3.05, 3.63) is 60.1 Å². The maximum Gasteiger partial charge on any atom is 3.00 e.